The van der Waals surface area contributed by atoms with Gasteiger partial charge >= 0.3 is 16.0 Å². The van der Waals surface area contributed by atoms with Gasteiger partial charge < -0.3 is 5.32 Å². The SMILES string of the molecule is CC(C)(C)NC(=O)NC(=O)N(SC(F)(Cl)Cl)C1CCCCC1. The van der Waals surface area contributed by atoms with Crippen molar-refractivity contribution in [3.63, 3.8) is 0 Å². The molecule has 4 amide bonds. The lowest BCUT2D eigenvalue weighted by molar-refractivity contribution is 0.198. The van der Waals surface area contributed by atoms with Gasteiger partial charge in [-0.2, -0.15) is 4.39 Å². The van der Waals surface area contributed by atoms with Crippen molar-refractivity contribution in [2.45, 2.75) is 68.4 Å². The summed E-state index contributed by atoms with van der Waals surface area (Å²) >= 11 is 11.1. The molecule has 1 aliphatic carbocycles. The van der Waals surface area contributed by atoms with Gasteiger partial charge in [0.05, 0.1) is 0 Å². The highest BCUT2D eigenvalue weighted by molar-refractivity contribution is 8.01. The first-order valence-corrected chi connectivity index (χ1v) is 8.69. The van der Waals surface area contributed by atoms with Crippen LogP contribution >= 0.6 is 35.1 Å². The predicted octanol–water partition coefficient (Wildman–Crippen LogP) is 4.55. The minimum absolute atomic E-state index is 0.200. The molecular weight excluding hydrogens is 352 g/mol. The van der Waals surface area contributed by atoms with E-state index in [1.807, 2.05) is 0 Å². The van der Waals surface area contributed by atoms with Gasteiger partial charge in [0, 0.05) is 23.5 Å². The van der Waals surface area contributed by atoms with E-state index in [4.69, 9.17) is 23.2 Å². The van der Waals surface area contributed by atoms with Crippen LogP contribution < -0.4 is 10.6 Å². The second-order valence-corrected chi connectivity index (χ2v) is 9.11. The van der Waals surface area contributed by atoms with Crippen LogP contribution in [0.2, 0.25) is 0 Å². The molecule has 1 saturated carbocycles. The second kappa shape index (κ2) is 7.93. The van der Waals surface area contributed by atoms with Crippen LogP contribution in [0.1, 0.15) is 52.9 Å². The van der Waals surface area contributed by atoms with Gasteiger partial charge in [-0.3, -0.25) is 9.62 Å². The summed E-state index contributed by atoms with van der Waals surface area (Å²) < 4.78 is 12.0. The Balaban J connectivity index is 2.72. The lowest BCUT2D eigenvalue weighted by Crippen LogP contribution is -2.52. The molecule has 2 N–H and O–H groups in total. The molecule has 9 heteroatoms. The van der Waals surface area contributed by atoms with Crippen molar-refractivity contribution in [3.05, 3.63) is 0 Å². The van der Waals surface area contributed by atoms with E-state index in [-0.39, 0.29) is 6.04 Å². The van der Waals surface area contributed by atoms with Crippen molar-refractivity contribution in [1.29, 1.82) is 0 Å². The molecule has 1 rings (SSSR count). The van der Waals surface area contributed by atoms with Crippen molar-refractivity contribution in [1.82, 2.24) is 14.9 Å². The average molecular weight is 374 g/mol. The summed E-state index contributed by atoms with van der Waals surface area (Å²) in [4.78, 5) is 24.0. The van der Waals surface area contributed by atoms with E-state index in [1.54, 1.807) is 20.8 Å². The topological polar surface area (TPSA) is 61.4 Å². The van der Waals surface area contributed by atoms with Crippen molar-refractivity contribution < 1.29 is 14.0 Å². The van der Waals surface area contributed by atoms with Gasteiger partial charge in [0.25, 0.3) is 0 Å². The monoisotopic (exact) mass is 373 g/mol. The summed E-state index contributed by atoms with van der Waals surface area (Å²) in [6, 6.07) is -1.57. The number of carbonyl (C=O) groups is 2. The highest BCUT2D eigenvalue weighted by Gasteiger charge is 2.36. The van der Waals surface area contributed by atoms with Gasteiger partial charge in [-0.25, -0.2) is 9.59 Å². The van der Waals surface area contributed by atoms with E-state index in [2.05, 4.69) is 10.6 Å². The van der Waals surface area contributed by atoms with Crippen LogP contribution in [0.15, 0.2) is 0 Å². The van der Waals surface area contributed by atoms with Crippen LogP contribution in [0, 0.1) is 0 Å². The molecule has 0 atom stereocenters. The summed E-state index contributed by atoms with van der Waals surface area (Å²) in [6.45, 7) is 5.36. The van der Waals surface area contributed by atoms with Crippen LogP contribution in [-0.4, -0.2) is 31.9 Å². The quantitative estimate of drug-likeness (QED) is 0.563. The standard InChI is InChI=1S/C13H22Cl2FN3O2S/c1-12(2,3)18-10(20)17-11(21)19(22-13(14,15)16)9-7-5-4-6-8-9/h9H,4-8H2,1-3H3,(H2,17,18,20,21). The molecule has 0 aromatic rings. The van der Waals surface area contributed by atoms with Crippen molar-refractivity contribution in [2.24, 2.45) is 0 Å². The zero-order chi connectivity index (χ0) is 17.0. The number of nitrogens with one attached hydrogen (secondary N) is 2. The number of hydrogen-bond acceptors (Lipinski definition) is 3. The van der Waals surface area contributed by atoms with Crippen molar-refractivity contribution in [2.75, 3.05) is 0 Å². The number of rotatable bonds is 3. The molecule has 0 spiro atoms. The Morgan fingerprint density at radius 1 is 1.18 bits per heavy atom. The molecule has 0 bridgehead atoms. The Morgan fingerprint density at radius 3 is 2.18 bits per heavy atom. The van der Waals surface area contributed by atoms with E-state index in [9.17, 15) is 14.0 Å². The fraction of sp³-hybridized carbons (Fsp3) is 0.846. The van der Waals surface area contributed by atoms with Gasteiger partial charge in [-0.1, -0.05) is 42.5 Å². The maximum absolute atomic E-state index is 13.5. The highest BCUT2D eigenvalue weighted by atomic mass is 35.5. The number of alkyl halides is 3. The average Bonchev–Trinajstić information content (AvgIpc) is 2.33. The third kappa shape index (κ3) is 7.74. The molecule has 0 unspecified atom stereocenters. The third-order valence-corrected chi connectivity index (χ3v) is 4.30. The molecule has 1 fully saturated rings. The maximum Gasteiger partial charge on any atom is 0.335 e. The lowest BCUT2D eigenvalue weighted by Gasteiger charge is -2.34. The third-order valence-electron chi connectivity index (χ3n) is 3.02. The van der Waals surface area contributed by atoms with Gasteiger partial charge in [0.2, 0.25) is 0 Å². The first-order valence-electron chi connectivity index (χ1n) is 7.16. The number of nitrogens with zero attached hydrogens (tertiary/aromatic N) is 1. The zero-order valence-corrected chi connectivity index (χ0v) is 15.2. The summed E-state index contributed by atoms with van der Waals surface area (Å²) in [6.07, 6.45) is 4.40. The van der Waals surface area contributed by atoms with Crippen LogP contribution in [0.4, 0.5) is 14.0 Å². The zero-order valence-electron chi connectivity index (χ0n) is 12.9. The van der Waals surface area contributed by atoms with E-state index < -0.39 is 21.5 Å². The van der Waals surface area contributed by atoms with E-state index in [0.717, 1.165) is 36.4 Å². The molecule has 1 aliphatic rings. The molecule has 5 nitrogen and oxygen atoms in total. The first kappa shape index (κ1) is 19.6. The first-order chi connectivity index (χ1) is 9.98. The number of imide groups is 1. The number of amides is 4. The van der Waals surface area contributed by atoms with Gasteiger partial charge in [0.1, 0.15) is 0 Å². The largest absolute Gasteiger partial charge is 0.335 e. The molecule has 0 aliphatic heterocycles. The van der Waals surface area contributed by atoms with Gasteiger partial charge in [-0.05, 0) is 33.6 Å². The molecule has 128 valence electrons. The Kier molecular flexibility index (Phi) is 7.08. The van der Waals surface area contributed by atoms with Crippen LogP contribution in [0.3, 0.4) is 0 Å². The number of urea groups is 2. The molecule has 22 heavy (non-hydrogen) atoms. The van der Waals surface area contributed by atoms with Gasteiger partial charge in [-0.15, -0.1) is 0 Å². The lowest BCUT2D eigenvalue weighted by atomic mass is 9.96. The molecule has 0 saturated heterocycles. The minimum atomic E-state index is -2.63. The van der Waals surface area contributed by atoms with E-state index in [0.29, 0.717) is 11.9 Å². The number of halogens is 3. The fourth-order valence-electron chi connectivity index (χ4n) is 2.23. The second-order valence-electron chi connectivity index (χ2n) is 6.29. The number of hydrogen-bond donors (Lipinski definition) is 2. The molecule has 0 heterocycles. The normalized spacial score (nSPS) is 17.0. The molecule has 0 radical (unpaired) electrons. The smallest absolute Gasteiger partial charge is 0.333 e. The van der Waals surface area contributed by atoms with Crippen LogP contribution in [0.5, 0.6) is 0 Å². The molecule has 0 aromatic heterocycles. The van der Waals surface area contributed by atoms with E-state index in [1.165, 1.54) is 0 Å². The number of carbonyl (C=O) groups excluding carboxylic acids is 2. The maximum atomic E-state index is 13.5. The van der Waals surface area contributed by atoms with Gasteiger partial charge in [0.15, 0.2) is 0 Å². The summed E-state index contributed by atoms with van der Waals surface area (Å²) in [5, 5.41) is 4.79. The van der Waals surface area contributed by atoms with E-state index >= 15 is 0 Å². The Bertz CT molecular complexity index is 407. The molecular formula is C13H22Cl2FN3O2S. The predicted molar refractivity (Wildman–Crippen MR) is 88.7 cm³/mol. The Morgan fingerprint density at radius 2 is 1.73 bits per heavy atom. The highest BCUT2D eigenvalue weighted by Crippen LogP contribution is 2.41. The molecule has 0 aromatic carbocycles. The van der Waals surface area contributed by atoms with Crippen molar-refractivity contribution >= 4 is 47.2 Å². The Labute approximate surface area is 144 Å². The minimum Gasteiger partial charge on any atom is -0.333 e. The van der Waals surface area contributed by atoms with Crippen LogP contribution in [-0.2, 0) is 0 Å². The fourth-order valence-corrected chi connectivity index (χ4v) is 3.39. The van der Waals surface area contributed by atoms with Crippen molar-refractivity contribution in [3.8, 4) is 0 Å². The summed E-state index contributed by atoms with van der Waals surface area (Å²) in [5.74, 6) is 0. The summed E-state index contributed by atoms with van der Waals surface area (Å²) in [5.41, 5.74) is -0.490. The summed E-state index contributed by atoms with van der Waals surface area (Å²) in [7, 11) is 0. The van der Waals surface area contributed by atoms with Crippen LogP contribution in [0.25, 0.3) is 0 Å². The Hall–Kier alpha value is -0.400.